The first-order chi connectivity index (χ1) is 9.55. The van der Waals surface area contributed by atoms with Gasteiger partial charge in [-0.2, -0.15) is 0 Å². The topological polar surface area (TPSA) is 41.6 Å². The predicted molar refractivity (Wildman–Crippen MR) is 82.8 cm³/mol. The Labute approximate surface area is 124 Å². The largest absolute Gasteiger partial charge is 0.465 e. The number of hydrogen-bond donors (Lipinski definition) is 1. The fourth-order valence-electron chi connectivity index (χ4n) is 2.64. The summed E-state index contributed by atoms with van der Waals surface area (Å²) in [6.45, 7) is 12.7. The van der Waals surface area contributed by atoms with Gasteiger partial charge in [0.15, 0.2) is 0 Å². The van der Waals surface area contributed by atoms with E-state index in [2.05, 4.69) is 17.1 Å². The lowest BCUT2D eigenvalue weighted by Gasteiger charge is -2.29. The molecule has 0 bridgehead atoms. The number of rotatable bonds is 11. The third kappa shape index (κ3) is 5.80. The van der Waals surface area contributed by atoms with E-state index in [0.29, 0.717) is 6.61 Å². The molecule has 1 saturated carbocycles. The monoisotopic (exact) mass is 284 g/mol. The first-order valence-electron chi connectivity index (χ1n) is 8.20. The van der Waals surface area contributed by atoms with Crippen LogP contribution in [0.3, 0.4) is 0 Å². The molecule has 0 amide bonds. The van der Waals surface area contributed by atoms with Gasteiger partial charge in [-0.05, 0) is 65.1 Å². The number of likely N-dealkylation sites (N-methyl/N-ethyl adjacent to an activating group) is 1. The Kier molecular flexibility index (Phi) is 7.52. The van der Waals surface area contributed by atoms with Crippen LogP contribution in [-0.2, 0) is 9.53 Å². The molecule has 1 fully saturated rings. The van der Waals surface area contributed by atoms with Gasteiger partial charge < -0.3 is 15.0 Å². The zero-order chi connectivity index (χ0) is 15.0. The average Bonchev–Trinajstić information content (AvgIpc) is 3.22. The summed E-state index contributed by atoms with van der Waals surface area (Å²) in [5.41, 5.74) is -0.538. The van der Waals surface area contributed by atoms with Crippen molar-refractivity contribution in [2.75, 3.05) is 32.8 Å². The molecule has 1 rings (SSSR count). The van der Waals surface area contributed by atoms with Gasteiger partial charge in [-0.1, -0.05) is 13.8 Å². The maximum Gasteiger partial charge on any atom is 0.326 e. The quantitative estimate of drug-likeness (QED) is 0.592. The molecule has 1 atom stereocenters. The molecule has 1 N–H and O–H groups in total. The van der Waals surface area contributed by atoms with Crippen LogP contribution in [0.1, 0.15) is 53.4 Å². The average molecular weight is 284 g/mol. The molecule has 0 aromatic rings. The zero-order valence-corrected chi connectivity index (χ0v) is 13.7. The van der Waals surface area contributed by atoms with E-state index in [9.17, 15) is 4.79 Å². The molecule has 0 spiro atoms. The molecule has 0 aliphatic heterocycles. The minimum absolute atomic E-state index is 0.118. The summed E-state index contributed by atoms with van der Waals surface area (Å²) in [5.74, 6) is 0.812. The van der Waals surface area contributed by atoms with Crippen molar-refractivity contribution in [2.45, 2.75) is 58.9 Å². The van der Waals surface area contributed by atoms with Gasteiger partial charge in [-0.15, -0.1) is 0 Å². The van der Waals surface area contributed by atoms with Gasteiger partial charge in [0.25, 0.3) is 0 Å². The van der Waals surface area contributed by atoms with Crippen molar-refractivity contribution in [3.8, 4) is 0 Å². The second-order valence-corrected chi connectivity index (χ2v) is 6.02. The molecule has 20 heavy (non-hydrogen) atoms. The van der Waals surface area contributed by atoms with Crippen LogP contribution in [0.15, 0.2) is 0 Å². The number of nitrogens with one attached hydrogen (secondary N) is 1. The van der Waals surface area contributed by atoms with E-state index in [4.69, 9.17) is 4.74 Å². The summed E-state index contributed by atoms with van der Waals surface area (Å²) in [7, 11) is 0. The normalized spacial score (nSPS) is 18.1. The number of hydrogen-bond acceptors (Lipinski definition) is 4. The lowest BCUT2D eigenvalue weighted by Crippen LogP contribution is -2.50. The Hall–Kier alpha value is -0.610. The molecule has 118 valence electrons. The molecular weight excluding hydrogens is 252 g/mol. The summed E-state index contributed by atoms with van der Waals surface area (Å²) in [6.07, 6.45) is 4.66. The summed E-state index contributed by atoms with van der Waals surface area (Å²) in [4.78, 5) is 14.6. The van der Waals surface area contributed by atoms with E-state index < -0.39 is 5.54 Å². The number of ether oxygens (including phenoxy) is 1. The maximum absolute atomic E-state index is 12.1. The van der Waals surface area contributed by atoms with Crippen molar-refractivity contribution in [3.05, 3.63) is 0 Å². The molecular formula is C16H32N2O2. The minimum atomic E-state index is -0.538. The third-order valence-electron chi connectivity index (χ3n) is 4.10. The fraction of sp³-hybridized carbons (Fsp3) is 0.938. The number of nitrogens with zero attached hydrogens (tertiary/aromatic N) is 1. The van der Waals surface area contributed by atoms with Crippen molar-refractivity contribution in [3.63, 3.8) is 0 Å². The second-order valence-electron chi connectivity index (χ2n) is 6.02. The molecule has 0 radical (unpaired) electrons. The Bertz CT molecular complexity index is 292. The van der Waals surface area contributed by atoms with Crippen LogP contribution in [-0.4, -0.2) is 49.2 Å². The van der Waals surface area contributed by atoms with E-state index >= 15 is 0 Å². The van der Waals surface area contributed by atoms with Crippen molar-refractivity contribution >= 4 is 5.97 Å². The van der Waals surface area contributed by atoms with Crippen LogP contribution >= 0.6 is 0 Å². The van der Waals surface area contributed by atoms with E-state index in [1.165, 1.54) is 19.4 Å². The van der Waals surface area contributed by atoms with E-state index in [-0.39, 0.29) is 5.97 Å². The van der Waals surface area contributed by atoms with Crippen molar-refractivity contribution in [1.82, 2.24) is 10.2 Å². The Morgan fingerprint density at radius 2 is 2.05 bits per heavy atom. The Balaban J connectivity index is 2.38. The molecule has 0 heterocycles. The van der Waals surface area contributed by atoms with E-state index in [1.54, 1.807) is 0 Å². The van der Waals surface area contributed by atoms with Crippen molar-refractivity contribution in [1.29, 1.82) is 0 Å². The van der Waals surface area contributed by atoms with Crippen LogP contribution < -0.4 is 5.32 Å². The molecule has 4 heteroatoms. The second kappa shape index (κ2) is 8.63. The predicted octanol–water partition coefficient (Wildman–Crippen LogP) is 2.43. The molecule has 0 aromatic carbocycles. The van der Waals surface area contributed by atoms with Gasteiger partial charge in [-0.25, -0.2) is 0 Å². The molecule has 0 saturated heterocycles. The third-order valence-corrected chi connectivity index (χ3v) is 4.10. The fourth-order valence-corrected chi connectivity index (χ4v) is 2.64. The highest BCUT2D eigenvalue weighted by Crippen LogP contribution is 2.29. The van der Waals surface area contributed by atoms with Crippen LogP contribution in [0.2, 0.25) is 0 Å². The summed E-state index contributed by atoms with van der Waals surface area (Å²) in [6, 6.07) is 0. The van der Waals surface area contributed by atoms with Gasteiger partial charge in [-0.3, -0.25) is 4.79 Å². The Morgan fingerprint density at radius 1 is 1.35 bits per heavy atom. The number of carbonyl (C=O) groups is 1. The van der Waals surface area contributed by atoms with E-state index in [1.807, 2.05) is 20.8 Å². The Morgan fingerprint density at radius 3 is 2.55 bits per heavy atom. The highest BCUT2D eigenvalue weighted by atomic mass is 16.5. The summed E-state index contributed by atoms with van der Waals surface area (Å²) >= 11 is 0. The van der Waals surface area contributed by atoms with Gasteiger partial charge in [0.05, 0.1) is 6.61 Å². The van der Waals surface area contributed by atoms with Crippen LogP contribution in [0.25, 0.3) is 0 Å². The smallest absolute Gasteiger partial charge is 0.326 e. The minimum Gasteiger partial charge on any atom is -0.465 e. The van der Waals surface area contributed by atoms with Crippen molar-refractivity contribution < 1.29 is 9.53 Å². The molecule has 1 unspecified atom stereocenters. The summed E-state index contributed by atoms with van der Waals surface area (Å²) < 4.78 is 5.20. The van der Waals surface area contributed by atoms with Gasteiger partial charge in [0.1, 0.15) is 5.54 Å². The zero-order valence-electron chi connectivity index (χ0n) is 13.7. The van der Waals surface area contributed by atoms with Crippen LogP contribution in [0, 0.1) is 5.92 Å². The standard InChI is InChI=1S/C16H32N2O2/c1-5-17-16(4,15(19)20-7-3)11-8-12-18(6-2)13-14-9-10-14/h14,17H,5-13H2,1-4H3. The first kappa shape index (κ1) is 17.4. The van der Waals surface area contributed by atoms with Gasteiger partial charge >= 0.3 is 5.97 Å². The SMILES string of the molecule is CCNC(C)(CCCN(CC)CC1CC1)C(=O)OCC. The lowest BCUT2D eigenvalue weighted by molar-refractivity contribution is -0.150. The lowest BCUT2D eigenvalue weighted by atomic mass is 9.95. The maximum atomic E-state index is 12.1. The molecule has 1 aliphatic rings. The highest BCUT2D eigenvalue weighted by molar-refractivity contribution is 5.80. The van der Waals surface area contributed by atoms with Gasteiger partial charge in [0, 0.05) is 6.54 Å². The van der Waals surface area contributed by atoms with E-state index in [0.717, 1.165) is 38.4 Å². The van der Waals surface area contributed by atoms with Gasteiger partial charge in [0.2, 0.25) is 0 Å². The molecule has 1 aliphatic carbocycles. The van der Waals surface area contributed by atoms with Crippen molar-refractivity contribution in [2.24, 2.45) is 5.92 Å². The number of carbonyl (C=O) groups excluding carboxylic acids is 1. The summed E-state index contributed by atoms with van der Waals surface area (Å²) in [5, 5.41) is 3.30. The number of esters is 1. The first-order valence-corrected chi connectivity index (χ1v) is 8.20. The van der Waals surface area contributed by atoms with Crippen LogP contribution in [0.5, 0.6) is 0 Å². The molecule has 4 nitrogen and oxygen atoms in total. The highest BCUT2D eigenvalue weighted by Gasteiger charge is 2.33. The molecule has 0 aromatic heterocycles. The van der Waals surface area contributed by atoms with Crippen LogP contribution in [0.4, 0.5) is 0 Å².